The van der Waals surface area contributed by atoms with Gasteiger partial charge in [0.15, 0.2) is 18.2 Å². The van der Waals surface area contributed by atoms with E-state index in [0.717, 1.165) is 0 Å². The van der Waals surface area contributed by atoms with Crippen LogP contribution in [0.2, 0.25) is 0 Å². The number of ketones is 1. The van der Waals surface area contributed by atoms with Crippen molar-refractivity contribution >= 4 is 17.7 Å². The smallest absolute Gasteiger partial charge is 0.322 e. The SMILES string of the molecule is CC(C)(C)NC(=O)NC(=O)C[n+]1ccc(C(=O)c2ccccc2)cc1. The standard InChI is InChI=1S/C19H21N3O3/c1-19(2,3)21-18(25)20-16(23)13-22-11-9-15(10-12-22)17(24)14-7-5-4-6-8-14/h4-12H,13H2,1-3H3,(H-,20,21,23,25)/p+1. The minimum Gasteiger partial charge on any atom is -0.333 e. The third-order valence-corrected chi connectivity index (χ3v) is 3.26. The molecule has 0 unspecified atom stereocenters. The summed E-state index contributed by atoms with van der Waals surface area (Å²) in [6.45, 7) is 5.47. The number of benzene rings is 1. The molecule has 3 amide bonds. The molecule has 0 saturated carbocycles. The Balaban J connectivity index is 1.95. The molecular formula is C19H22N3O3+. The van der Waals surface area contributed by atoms with E-state index in [1.807, 2.05) is 39.0 Å². The summed E-state index contributed by atoms with van der Waals surface area (Å²) in [5.74, 6) is -0.518. The zero-order valence-corrected chi connectivity index (χ0v) is 14.6. The van der Waals surface area contributed by atoms with Gasteiger partial charge in [-0.05, 0) is 20.8 Å². The summed E-state index contributed by atoms with van der Waals surface area (Å²) in [5, 5.41) is 4.92. The van der Waals surface area contributed by atoms with E-state index in [1.54, 1.807) is 41.2 Å². The van der Waals surface area contributed by atoms with E-state index in [-0.39, 0.29) is 12.3 Å². The van der Waals surface area contributed by atoms with Crippen LogP contribution in [0.5, 0.6) is 0 Å². The number of rotatable bonds is 4. The molecule has 0 saturated heterocycles. The maximum Gasteiger partial charge on any atom is 0.322 e. The quantitative estimate of drug-likeness (QED) is 0.658. The molecule has 0 bridgehead atoms. The number of nitrogens with zero attached hydrogens (tertiary/aromatic N) is 1. The molecule has 25 heavy (non-hydrogen) atoms. The van der Waals surface area contributed by atoms with Gasteiger partial charge in [-0.3, -0.25) is 14.9 Å². The number of imide groups is 1. The first-order valence-electron chi connectivity index (χ1n) is 7.95. The summed E-state index contributed by atoms with van der Waals surface area (Å²) in [5.41, 5.74) is 0.724. The van der Waals surface area contributed by atoms with Crippen molar-refractivity contribution in [3.63, 3.8) is 0 Å². The maximum absolute atomic E-state index is 12.3. The fraction of sp³-hybridized carbons (Fsp3) is 0.263. The Labute approximate surface area is 146 Å². The third kappa shape index (κ3) is 5.84. The molecule has 6 heteroatoms. The first kappa shape index (κ1) is 18.3. The highest BCUT2D eigenvalue weighted by Crippen LogP contribution is 2.07. The van der Waals surface area contributed by atoms with Crippen molar-refractivity contribution in [3.8, 4) is 0 Å². The average molecular weight is 340 g/mol. The topological polar surface area (TPSA) is 79.2 Å². The molecule has 6 nitrogen and oxygen atoms in total. The van der Waals surface area contributed by atoms with Gasteiger partial charge in [-0.1, -0.05) is 30.3 Å². The number of aromatic nitrogens is 1. The van der Waals surface area contributed by atoms with Crippen LogP contribution in [-0.2, 0) is 11.3 Å². The van der Waals surface area contributed by atoms with E-state index in [9.17, 15) is 14.4 Å². The Kier molecular flexibility index (Phi) is 5.64. The minimum atomic E-state index is -0.533. The molecule has 2 rings (SSSR count). The number of urea groups is 1. The average Bonchev–Trinajstić information content (AvgIpc) is 2.53. The van der Waals surface area contributed by atoms with E-state index in [0.29, 0.717) is 11.1 Å². The fourth-order valence-electron chi connectivity index (χ4n) is 2.17. The lowest BCUT2D eigenvalue weighted by molar-refractivity contribution is -0.684. The van der Waals surface area contributed by atoms with Gasteiger partial charge in [0.25, 0.3) is 5.91 Å². The summed E-state index contributed by atoms with van der Waals surface area (Å²) in [4.78, 5) is 35.9. The van der Waals surface area contributed by atoms with Crippen LogP contribution >= 0.6 is 0 Å². The predicted molar refractivity (Wildman–Crippen MR) is 92.9 cm³/mol. The highest BCUT2D eigenvalue weighted by atomic mass is 16.2. The van der Waals surface area contributed by atoms with Gasteiger partial charge in [-0.15, -0.1) is 0 Å². The number of carbonyl (C=O) groups excluding carboxylic acids is 3. The monoisotopic (exact) mass is 340 g/mol. The normalized spacial score (nSPS) is 10.8. The van der Waals surface area contributed by atoms with Crippen LogP contribution in [0.1, 0.15) is 36.7 Å². The maximum atomic E-state index is 12.3. The predicted octanol–water partition coefficient (Wildman–Crippen LogP) is 1.83. The number of pyridine rings is 1. The van der Waals surface area contributed by atoms with E-state index in [1.165, 1.54) is 0 Å². The number of nitrogens with one attached hydrogen (secondary N) is 2. The molecule has 0 atom stereocenters. The van der Waals surface area contributed by atoms with Crippen molar-refractivity contribution in [2.75, 3.05) is 0 Å². The van der Waals surface area contributed by atoms with Crippen LogP contribution < -0.4 is 15.2 Å². The Morgan fingerprint density at radius 3 is 2.04 bits per heavy atom. The van der Waals surface area contributed by atoms with Gasteiger partial charge in [0.1, 0.15) is 0 Å². The van der Waals surface area contributed by atoms with Crippen molar-refractivity contribution in [2.24, 2.45) is 0 Å². The summed E-state index contributed by atoms with van der Waals surface area (Å²) in [6, 6.07) is 11.7. The number of carbonyl (C=O) groups is 3. The molecule has 1 heterocycles. The van der Waals surface area contributed by atoms with Crippen molar-refractivity contribution in [1.82, 2.24) is 10.6 Å². The Morgan fingerprint density at radius 2 is 1.48 bits per heavy atom. The van der Waals surface area contributed by atoms with Crippen LogP contribution in [0.15, 0.2) is 54.9 Å². The van der Waals surface area contributed by atoms with Gasteiger partial charge in [-0.25, -0.2) is 4.79 Å². The molecule has 130 valence electrons. The molecule has 0 fully saturated rings. The number of hydrogen-bond donors (Lipinski definition) is 2. The van der Waals surface area contributed by atoms with Crippen molar-refractivity contribution in [2.45, 2.75) is 32.9 Å². The molecule has 0 spiro atoms. The zero-order chi connectivity index (χ0) is 18.4. The van der Waals surface area contributed by atoms with Crippen molar-refractivity contribution in [1.29, 1.82) is 0 Å². The largest absolute Gasteiger partial charge is 0.333 e. The van der Waals surface area contributed by atoms with Gasteiger partial charge in [-0.2, -0.15) is 4.57 Å². The highest BCUT2D eigenvalue weighted by molar-refractivity contribution is 6.08. The lowest BCUT2D eigenvalue weighted by Crippen LogP contribution is -2.51. The van der Waals surface area contributed by atoms with E-state index in [2.05, 4.69) is 10.6 Å². The second kappa shape index (κ2) is 7.70. The molecule has 0 aliphatic heterocycles. The van der Waals surface area contributed by atoms with Crippen molar-refractivity contribution < 1.29 is 19.0 Å². The van der Waals surface area contributed by atoms with Gasteiger partial charge in [0, 0.05) is 28.8 Å². The van der Waals surface area contributed by atoms with E-state index >= 15 is 0 Å². The molecule has 0 aliphatic rings. The van der Waals surface area contributed by atoms with Gasteiger partial charge >= 0.3 is 6.03 Å². The highest BCUT2D eigenvalue weighted by Gasteiger charge is 2.18. The summed E-state index contributed by atoms with van der Waals surface area (Å²) >= 11 is 0. The van der Waals surface area contributed by atoms with Crippen LogP contribution in [-0.4, -0.2) is 23.3 Å². The lowest BCUT2D eigenvalue weighted by atomic mass is 10.0. The van der Waals surface area contributed by atoms with E-state index < -0.39 is 17.5 Å². The van der Waals surface area contributed by atoms with Crippen LogP contribution in [0, 0.1) is 0 Å². The molecular weight excluding hydrogens is 318 g/mol. The summed E-state index contributed by atoms with van der Waals surface area (Å²) < 4.78 is 1.60. The second-order valence-electron chi connectivity index (χ2n) is 6.71. The second-order valence-corrected chi connectivity index (χ2v) is 6.71. The van der Waals surface area contributed by atoms with Crippen LogP contribution in [0.4, 0.5) is 4.79 Å². The van der Waals surface area contributed by atoms with Gasteiger partial charge < -0.3 is 5.32 Å². The molecule has 0 radical (unpaired) electrons. The lowest BCUT2D eigenvalue weighted by Gasteiger charge is -2.19. The first-order chi connectivity index (χ1) is 11.7. The van der Waals surface area contributed by atoms with Crippen LogP contribution in [0.3, 0.4) is 0 Å². The Morgan fingerprint density at radius 1 is 0.920 bits per heavy atom. The summed E-state index contributed by atoms with van der Waals surface area (Å²) in [6.07, 6.45) is 3.27. The van der Waals surface area contributed by atoms with E-state index in [4.69, 9.17) is 0 Å². The molecule has 2 aromatic rings. The minimum absolute atomic E-state index is 0.0165. The summed E-state index contributed by atoms with van der Waals surface area (Å²) in [7, 11) is 0. The molecule has 1 aromatic heterocycles. The van der Waals surface area contributed by atoms with Gasteiger partial charge in [0.05, 0.1) is 0 Å². The fourth-order valence-corrected chi connectivity index (χ4v) is 2.17. The number of hydrogen-bond acceptors (Lipinski definition) is 3. The molecule has 0 aliphatic carbocycles. The molecule has 2 N–H and O–H groups in total. The van der Waals surface area contributed by atoms with Crippen molar-refractivity contribution in [3.05, 3.63) is 66.0 Å². The third-order valence-electron chi connectivity index (χ3n) is 3.26. The molecule has 1 aromatic carbocycles. The number of amides is 3. The first-order valence-corrected chi connectivity index (χ1v) is 7.95. The van der Waals surface area contributed by atoms with Gasteiger partial charge in [0.2, 0.25) is 6.54 Å². The zero-order valence-electron chi connectivity index (χ0n) is 14.6. The van der Waals surface area contributed by atoms with Crippen LogP contribution in [0.25, 0.3) is 0 Å². The Hall–Kier alpha value is -3.02. The Bertz CT molecular complexity index is 763.